The first-order valence-corrected chi connectivity index (χ1v) is 5.44. The van der Waals surface area contributed by atoms with E-state index in [1.807, 2.05) is 18.5 Å². The molecular formula is C11H11ClN4. The van der Waals surface area contributed by atoms with Crippen molar-refractivity contribution in [2.24, 2.45) is 0 Å². The van der Waals surface area contributed by atoms with Crippen molar-refractivity contribution in [3.05, 3.63) is 22.5 Å². The van der Waals surface area contributed by atoms with Crippen LogP contribution in [0.3, 0.4) is 0 Å². The van der Waals surface area contributed by atoms with Crippen molar-refractivity contribution in [1.82, 2.24) is 14.8 Å². The Morgan fingerprint density at radius 3 is 2.94 bits per heavy atom. The fourth-order valence-electron chi connectivity index (χ4n) is 1.74. The number of pyridine rings is 1. The highest BCUT2D eigenvalue weighted by atomic mass is 35.5. The second-order valence-electron chi connectivity index (χ2n) is 3.53. The quantitative estimate of drug-likeness (QED) is 0.802. The average molecular weight is 235 g/mol. The van der Waals surface area contributed by atoms with Gasteiger partial charge in [0.2, 0.25) is 0 Å². The molecule has 0 aliphatic rings. The van der Waals surface area contributed by atoms with Gasteiger partial charge in [-0.1, -0.05) is 11.6 Å². The van der Waals surface area contributed by atoms with Gasteiger partial charge in [-0.2, -0.15) is 10.4 Å². The Morgan fingerprint density at radius 2 is 2.31 bits per heavy atom. The first-order valence-electron chi connectivity index (χ1n) is 5.06. The number of aryl methyl sites for hydroxylation is 2. The molecule has 0 saturated heterocycles. The lowest BCUT2D eigenvalue weighted by Gasteiger charge is -2.01. The smallest absolute Gasteiger partial charge is 0.159 e. The monoisotopic (exact) mass is 234 g/mol. The molecule has 2 aromatic rings. The van der Waals surface area contributed by atoms with Crippen LogP contribution in [0.15, 0.2) is 6.20 Å². The van der Waals surface area contributed by atoms with Crippen LogP contribution in [0.1, 0.15) is 18.2 Å². The van der Waals surface area contributed by atoms with Gasteiger partial charge in [-0.3, -0.25) is 0 Å². The van der Waals surface area contributed by atoms with Crippen molar-refractivity contribution >= 4 is 22.6 Å². The van der Waals surface area contributed by atoms with Crippen LogP contribution in [0.2, 0.25) is 5.02 Å². The summed E-state index contributed by atoms with van der Waals surface area (Å²) in [4.78, 5) is 4.32. The number of hydrogen-bond donors (Lipinski definition) is 0. The van der Waals surface area contributed by atoms with Crippen molar-refractivity contribution in [3.8, 4) is 6.07 Å². The van der Waals surface area contributed by atoms with Crippen LogP contribution >= 0.6 is 11.6 Å². The first-order chi connectivity index (χ1) is 7.69. The van der Waals surface area contributed by atoms with Crippen molar-refractivity contribution in [3.63, 3.8) is 0 Å². The molecule has 5 heteroatoms. The van der Waals surface area contributed by atoms with E-state index >= 15 is 0 Å². The molecule has 0 amide bonds. The first kappa shape index (κ1) is 10.9. The Kier molecular flexibility index (Phi) is 2.80. The van der Waals surface area contributed by atoms with Gasteiger partial charge in [0.25, 0.3) is 0 Å². The van der Waals surface area contributed by atoms with E-state index < -0.39 is 0 Å². The third kappa shape index (κ3) is 1.54. The maximum absolute atomic E-state index is 8.68. The van der Waals surface area contributed by atoms with Gasteiger partial charge in [-0.25, -0.2) is 9.67 Å². The maximum Gasteiger partial charge on any atom is 0.159 e. The predicted octanol–water partition coefficient (Wildman–Crippen LogP) is 2.48. The lowest BCUT2D eigenvalue weighted by atomic mass is 10.1. The minimum atomic E-state index is 0.276. The van der Waals surface area contributed by atoms with E-state index in [9.17, 15) is 0 Å². The van der Waals surface area contributed by atoms with E-state index in [2.05, 4.69) is 16.2 Å². The van der Waals surface area contributed by atoms with Gasteiger partial charge in [0.05, 0.1) is 28.6 Å². The Labute approximate surface area is 98.5 Å². The molecule has 0 atom stereocenters. The molecule has 0 aromatic carbocycles. The molecule has 0 bridgehead atoms. The number of nitriles is 1. The molecule has 2 aromatic heterocycles. The fraction of sp³-hybridized carbons (Fsp3) is 0.364. The van der Waals surface area contributed by atoms with E-state index in [1.165, 1.54) is 0 Å². The summed E-state index contributed by atoms with van der Waals surface area (Å²) in [6.45, 7) is 4.66. The van der Waals surface area contributed by atoms with E-state index in [4.69, 9.17) is 16.9 Å². The minimum Gasteiger partial charge on any atom is -0.247 e. The molecular weight excluding hydrogens is 224 g/mol. The van der Waals surface area contributed by atoms with Crippen LogP contribution in [0.4, 0.5) is 0 Å². The molecule has 0 N–H and O–H groups in total. The number of hydrogen-bond acceptors (Lipinski definition) is 3. The maximum atomic E-state index is 8.68. The third-order valence-corrected chi connectivity index (χ3v) is 2.95. The summed E-state index contributed by atoms with van der Waals surface area (Å²) in [6, 6.07) is 2.08. The number of rotatable bonds is 2. The van der Waals surface area contributed by atoms with Crippen LogP contribution in [0.5, 0.6) is 0 Å². The molecule has 2 heterocycles. The average Bonchev–Trinajstić information content (AvgIpc) is 2.60. The van der Waals surface area contributed by atoms with Gasteiger partial charge >= 0.3 is 0 Å². The van der Waals surface area contributed by atoms with Gasteiger partial charge in [0.15, 0.2) is 5.65 Å². The summed E-state index contributed by atoms with van der Waals surface area (Å²) in [5.74, 6) is 0. The largest absolute Gasteiger partial charge is 0.247 e. The summed E-state index contributed by atoms with van der Waals surface area (Å²) in [5.41, 5.74) is 2.40. The molecule has 0 aliphatic heterocycles. The second kappa shape index (κ2) is 4.11. The van der Waals surface area contributed by atoms with E-state index in [1.54, 1.807) is 6.20 Å². The predicted molar refractivity (Wildman–Crippen MR) is 62.3 cm³/mol. The molecule has 0 aliphatic carbocycles. The topological polar surface area (TPSA) is 54.5 Å². The summed E-state index contributed by atoms with van der Waals surface area (Å²) in [7, 11) is 0. The molecule has 4 nitrogen and oxygen atoms in total. The second-order valence-corrected chi connectivity index (χ2v) is 3.91. The summed E-state index contributed by atoms with van der Waals surface area (Å²) < 4.78 is 1.81. The Hall–Kier alpha value is -1.60. The molecule has 82 valence electrons. The molecule has 0 spiro atoms. The normalized spacial score (nSPS) is 10.6. The minimum absolute atomic E-state index is 0.276. The van der Waals surface area contributed by atoms with Gasteiger partial charge in [0, 0.05) is 18.3 Å². The van der Waals surface area contributed by atoms with Crippen molar-refractivity contribution in [2.75, 3.05) is 0 Å². The number of aromatic nitrogens is 3. The number of halogens is 1. The summed E-state index contributed by atoms with van der Waals surface area (Å²) in [5, 5.41) is 14.5. The zero-order valence-electron chi connectivity index (χ0n) is 9.16. The zero-order chi connectivity index (χ0) is 11.7. The number of nitrogens with zero attached hydrogens (tertiary/aromatic N) is 4. The Bertz CT molecular complexity index is 580. The fourth-order valence-corrected chi connectivity index (χ4v) is 2.08. The van der Waals surface area contributed by atoms with Crippen molar-refractivity contribution in [2.45, 2.75) is 26.8 Å². The molecule has 0 unspecified atom stereocenters. The number of fused-ring (bicyclic) bond motifs is 1. The lowest BCUT2D eigenvalue weighted by molar-refractivity contribution is 0.669. The molecule has 0 saturated carbocycles. The SMILES string of the molecule is CCn1nc(C)c2c(Cl)c(CC#N)cnc21. The van der Waals surface area contributed by atoms with Crippen LogP contribution in [0.25, 0.3) is 11.0 Å². The van der Waals surface area contributed by atoms with Crippen LogP contribution < -0.4 is 0 Å². The van der Waals surface area contributed by atoms with Gasteiger partial charge in [0.1, 0.15) is 0 Å². The Balaban J connectivity index is 2.75. The third-order valence-electron chi connectivity index (χ3n) is 2.51. The molecule has 0 fully saturated rings. The summed E-state index contributed by atoms with van der Waals surface area (Å²) in [6.07, 6.45) is 1.93. The highest BCUT2D eigenvalue weighted by Crippen LogP contribution is 2.28. The van der Waals surface area contributed by atoms with E-state index in [0.29, 0.717) is 5.02 Å². The zero-order valence-corrected chi connectivity index (χ0v) is 9.91. The summed E-state index contributed by atoms with van der Waals surface area (Å²) >= 11 is 6.25. The van der Waals surface area contributed by atoms with E-state index in [-0.39, 0.29) is 6.42 Å². The molecule has 2 rings (SSSR count). The molecule has 16 heavy (non-hydrogen) atoms. The highest BCUT2D eigenvalue weighted by Gasteiger charge is 2.14. The van der Waals surface area contributed by atoms with Crippen LogP contribution in [-0.2, 0) is 13.0 Å². The van der Waals surface area contributed by atoms with Crippen LogP contribution in [-0.4, -0.2) is 14.8 Å². The highest BCUT2D eigenvalue weighted by molar-refractivity contribution is 6.36. The van der Waals surface area contributed by atoms with Gasteiger partial charge in [-0.05, 0) is 13.8 Å². The van der Waals surface area contributed by atoms with E-state index in [0.717, 1.165) is 28.8 Å². The van der Waals surface area contributed by atoms with Gasteiger partial charge in [-0.15, -0.1) is 0 Å². The lowest BCUT2D eigenvalue weighted by Crippen LogP contribution is -1.98. The van der Waals surface area contributed by atoms with Crippen molar-refractivity contribution < 1.29 is 0 Å². The van der Waals surface area contributed by atoms with Crippen LogP contribution in [0, 0.1) is 18.3 Å². The van der Waals surface area contributed by atoms with Gasteiger partial charge < -0.3 is 0 Å². The molecule has 0 radical (unpaired) electrons. The standard InChI is InChI=1S/C11H11ClN4/c1-3-16-11-9(7(2)15-16)10(12)8(4-5-13)6-14-11/h6H,3-4H2,1-2H3. The van der Waals surface area contributed by atoms with Crippen molar-refractivity contribution in [1.29, 1.82) is 5.26 Å². The Morgan fingerprint density at radius 1 is 1.56 bits per heavy atom.